The van der Waals surface area contributed by atoms with E-state index in [4.69, 9.17) is 15.1 Å². The number of hydrogen-bond acceptors (Lipinski definition) is 4. The van der Waals surface area contributed by atoms with Gasteiger partial charge in [0.1, 0.15) is 0 Å². The highest BCUT2D eigenvalue weighted by Crippen LogP contribution is 1.40. The molecule has 0 fully saturated rings. The summed E-state index contributed by atoms with van der Waals surface area (Å²) in [5.41, 5.74) is 0. The Kier molecular flexibility index (Phi) is 393. The van der Waals surface area contributed by atoms with Gasteiger partial charge in [-0.25, -0.2) is 0 Å². The topological polar surface area (TPSA) is 95.7 Å². The van der Waals surface area contributed by atoms with Gasteiger partial charge in [-0.1, -0.05) is 0 Å². The Balaban J connectivity index is -0.00000000450. The second-order valence-corrected chi connectivity index (χ2v) is 0.346. The largest absolute Gasteiger partial charge is 0.631 e. The lowest BCUT2D eigenvalue weighted by Gasteiger charge is -1.69. The van der Waals surface area contributed by atoms with Crippen LogP contribution in [0.5, 0.6) is 0 Å². The molecule has 0 amide bonds. The molecule has 9 heavy (non-hydrogen) atoms. The molecule has 0 aliphatic carbocycles. The highest BCUT2D eigenvalue weighted by atomic mass is 19.0. The van der Waals surface area contributed by atoms with Crippen LogP contribution in [-0.2, 0) is 0 Å². The summed E-state index contributed by atoms with van der Waals surface area (Å²) < 4.78 is 0. The highest BCUT2D eigenvalue weighted by molar-refractivity contribution is 6.30. The van der Waals surface area contributed by atoms with Gasteiger partial charge in [0.05, 0.1) is 0 Å². The third-order valence-electron chi connectivity index (χ3n) is 0. The zero-order valence-corrected chi connectivity index (χ0v) is 4.26. The summed E-state index contributed by atoms with van der Waals surface area (Å²) in [5, 5.41) is 21.5. The monoisotopic (exact) mass is 159 g/mol. The Hall–Kier alpha value is -0.375. The van der Waals surface area contributed by atoms with E-state index >= 15 is 0 Å². The molecule has 0 aliphatic heterocycles. The van der Waals surface area contributed by atoms with Gasteiger partial charge in [-0.05, 0) is 0 Å². The third-order valence-corrected chi connectivity index (χ3v) is 0. The summed E-state index contributed by atoms with van der Waals surface area (Å²) in [6.45, 7) is 0. The summed E-state index contributed by atoms with van der Waals surface area (Å²) in [6.07, 6.45) is 0. The van der Waals surface area contributed by atoms with Gasteiger partial charge in [-0.2, -0.15) is 0 Å². The second-order valence-electron chi connectivity index (χ2n) is 0.346. The van der Waals surface area contributed by atoms with E-state index in [-0.39, 0.29) is 25.0 Å². The maximum atomic E-state index is 7.17. The van der Waals surface area contributed by atoms with Gasteiger partial charge in [0.15, 0.2) is 0 Å². The molecule has 9 heteroatoms. The molecule has 0 rings (SSSR count). The van der Waals surface area contributed by atoms with Crippen LogP contribution >= 0.6 is 0 Å². The smallest absolute Gasteiger partial charge is 0.402 e. The van der Waals surface area contributed by atoms with Crippen LogP contribution in [0.2, 0.25) is 0 Å². The molecular weight excluding hydrogens is 149 g/mol. The summed E-state index contributed by atoms with van der Waals surface area (Å²) in [7, 11) is -2.17. The quantitative estimate of drug-likeness (QED) is 0.261. The van der Waals surface area contributed by atoms with Gasteiger partial charge in [0.2, 0.25) is 0 Å². The van der Waals surface area contributed by atoms with Crippen molar-refractivity contribution >= 4 is 7.32 Å². The predicted molar refractivity (Wildman–Crippen MR) is 27.4 cm³/mol. The zero-order valence-electron chi connectivity index (χ0n) is 4.26. The van der Waals surface area contributed by atoms with E-state index < -0.39 is 7.32 Å². The maximum absolute atomic E-state index is 7.17. The first kappa shape index (κ1) is 72.8. The van der Waals surface area contributed by atoms with Gasteiger partial charge in [0, 0.05) is 0 Å². The van der Waals surface area contributed by atoms with Crippen LogP contribution in [0.1, 0.15) is 0 Å². The molecule has 0 aliphatic rings. The van der Waals surface area contributed by atoms with Crippen molar-refractivity contribution in [2.45, 2.75) is 0 Å². The number of halogens is 4. The fourth-order valence-electron chi connectivity index (χ4n) is 0. The molecule has 4 nitrogen and oxygen atoms in total. The molecule has 0 aromatic carbocycles. The molecular formula is H10BF4NO3. The fourth-order valence-corrected chi connectivity index (χ4v) is 0. The summed E-state index contributed by atoms with van der Waals surface area (Å²) in [6, 6.07) is 0. The van der Waals surface area contributed by atoms with Gasteiger partial charge in [0.25, 0.3) is 0 Å². The van der Waals surface area contributed by atoms with E-state index in [0.29, 0.717) is 0 Å². The number of rotatable bonds is 0. The standard InChI is InChI=1S/BH3O3.4FH.H3N/c2-1(3)4;;;;;/h2-4H;4*1H;1H3. The molecule has 6 N–H and O–H groups in total. The highest BCUT2D eigenvalue weighted by Gasteiger charge is 1.92. The van der Waals surface area contributed by atoms with Crippen LogP contribution in [0.3, 0.4) is 0 Å². The van der Waals surface area contributed by atoms with Gasteiger partial charge >= 0.3 is 7.32 Å². The van der Waals surface area contributed by atoms with Crippen LogP contribution in [-0.4, -0.2) is 22.4 Å². The fraction of sp³-hybridized carbons (Fsp3) is 0. The maximum Gasteiger partial charge on any atom is 0.631 e. The van der Waals surface area contributed by atoms with Crippen LogP contribution in [0, 0.1) is 0 Å². The molecule has 0 saturated carbocycles. The van der Waals surface area contributed by atoms with E-state index in [2.05, 4.69) is 0 Å². The van der Waals surface area contributed by atoms with E-state index in [1.165, 1.54) is 0 Å². The Morgan fingerprint density at radius 2 is 0.667 bits per heavy atom. The van der Waals surface area contributed by atoms with E-state index in [1.54, 1.807) is 0 Å². The zero-order chi connectivity index (χ0) is 3.58. The molecule has 0 radical (unpaired) electrons. The van der Waals surface area contributed by atoms with Crippen molar-refractivity contribution in [3.8, 4) is 0 Å². The molecule has 0 bridgehead atoms. The first-order chi connectivity index (χ1) is 1.73. The Morgan fingerprint density at radius 3 is 0.667 bits per heavy atom. The van der Waals surface area contributed by atoms with E-state index in [0.717, 1.165) is 0 Å². The minimum atomic E-state index is -2.17. The lowest BCUT2D eigenvalue weighted by atomic mass is 10.3. The van der Waals surface area contributed by atoms with Crippen molar-refractivity contribution in [1.82, 2.24) is 6.15 Å². The van der Waals surface area contributed by atoms with E-state index in [9.17, 15) is 0 Å². The minimum absolute atomic E-state index is 0. The lowest BCUT2D eigenvalue weighted by molar-refractivity contribution is 0.278. The van der Waals surface area contributed by atoms with Gasteiger partial charge in [-0.3, -0.25) is 18.8 Å². The number of hydrogen-bond donors (Lipinski definition) is 4. The summed E-state index contributed by atoms with van der Waals surface area (Å²) in [4.78, 5) is 0. The van der Waals surface area contributed by atoms with Crippen molar-refractivity contribution in [2.75, 3.05) is 0 Å². The second kappa shape index (κ2) is 48.6. The third kappa shape index (κ3) is 1710. The van der Waals surface area contributed by atoms with E-state index in [1.807, 2.05) is 0 Å². The Bertz CT molecular complexity index is 20.5. The predicted octanol–water partition coefficient (Wildman–Crippen LogP) is -1.28. The molecule has 0 heterocycles. The molecule has 0 unspecified atom stereocenters. The minimum Gasteiger partial charge on any atom is -0.402 e. The average molecular weight is 159 g/mol. The molecule has 0 aromatic rings. The molecule has 64 valence electrons. The van der Waals surface area contributed by atoms with Crippen LogP contribution in [0.4, 0.5) is 18.8 Å². The summed E-state index contributed by atoms with van der Waals surface area (Å²) >= 11 is 0. The Morgan fingerprint density at radius 1 is 0.667 bits per heavy atom. The average Bonchev–Trinajstić information content (AvgIpc) is 0.811. The van der Waals surface area contributed by atoms with Crippen molar-refractivity contribution < 1.29 is 33.9 Å². The van der Waals surface area contributed by atoms with Crippen LogP contribution in [0.15, 0.2) is 0 Å². The molecule has 0 aromatic heterocycles. The van der Waals surface area contributed by atoms with Crippen LogP contribution < -0.4 is 6.15 Å². The van der Waals surface area contributed by atoms with Gasteiger partial charge in [-0.15, -0.1) is 0 Å². The van der Waals surface area contributed by atoms with Crippen molar-refractivity contribution in [1.29, 1.82) is 0 Å². The SMILES string of the molecule is F.F.F.F.N.OB(O)O. The van der Waals surface area contributed by atoms with Crippen molar-refractivity contribution in [3.63, 3.8) is 0 Å². The Labute approximate surface area is 48.7 Å². The van der Waals surface area contributed by atoms with Gasteiger partial charge < -0.3 is 21.2 Å². The molecule has 0 saturated heterocycles. The van der Waals surface area contributed by atoms with Crippen LogP contribution in [0.25, 0.3) is 0 Å². The van der Waals surface area contributed by atoms with Crippen molar-refractivity contribution in [2.24, 2.45) is 0 Å². The lowest BCUT2D eigenvalue weighted by Crippen LogP contribution is -2.07. The molecule has 0 spiro atoms. The first-order valence-corrected chi connectivity index (χ1v) is 0.775. The summed E-state index contributed by atoms with van der Waals surface area (Å²) in [5.74, 6) is 0. The molecule has 0 atom stereocenters. The normalized spacial score (nSPS) is 3.00. The first-order valence-electron chi connectivity index (χ1n) is 0.775. The van der Waals surface area contributed by atoms with Crippen molar-refractivity contribution in [3.05, 3.63) is 0 Å².